The fraction of sp³-hybridized carbons (Fsp3) is 0.467. The molecular weight excluding hydrogens is 268 g/mol. The molecule has 4 N–H and O–H groups in total. The van der Waals surface area contributed by atoms with Crippen molar-refractivity contribution in [2.45, 2.75) is 19.3 Å². The van der Waals surface area contributed by atoms with Gasteiger partial charge in [0.1, 0.15) is 0 Å². The zero-order chi connectivity index (χ0) is 15.1. The normalized spacial score (nSPS) is 16.1. The van der Waals surface area contributed by atoms with E-state index in [1.165, 1.54) is 0 Å². The SMILES string of the molecule is Nc1ccc(NC(=O)CCCN2CCCNC(=O)C2)cc1. The van der Waals surface area contributed by atoms with E-state index in [1.807, 2.05) is 0 Å². The number of rotatable bonds is 5. The lowest BCUT2D eigenvalue weighted by molar-refractivity contribution is -0.121. The number of carbonyl (C=O) groups is 2. The van der Waals surface area contributed by atoms with Crippen molar-refractivity contribution in [3.8, 4) is 0 Å². The van der Waals surface area contributed by atoms with Crippen LogP contribution in [0.1, 0.15) is 19.3 Å². The number of anilines is 2. The van der Waals surface area contributed by atoms with Crippen molar-refractivity contribution >= 4 is 23.2 Å². The molecule has 0 aliphatic carbocycles. The maximum absolute atomic E-state index is 11.8. The van der Waals surface area contributed by atoms with Crippen molar-refractivity contribution in [2.24, 2.45) is 0 Å². The number of nitrogens with zero attached hydrogens (tertiary/aromatic N) is 1. The van der Waals surface area contributed by atoms with Gasteiger partial charge in [-0.1, -0.05) is 0 Å². The molecule has 6 heteroatoms. The molecule has 1 aliphatic heterocycles. The molecule has 1 saturated heterocycles. The maximum atomic E-state index is 11.8. The molecule has 1 aliphatic rings. The number of hydrogen-bond donors (Lipinski definition) is 3. The second-order valence-electron chi connectivity index (χ2n) is 5.25. The molecule has 1 aromatic carbocycles. The first-order valence-corrected chi connectivity index (χ1v) is 7.28. The highest BCUT2D eigenvalue weighted by Crippen LogP contribution is 2.11. The Balaban J connectivity index is 1.69. The van der Waals surface area contributed by atoms with Gasteiger partial charge >= 0.3 is 0 Å². The van der Waals surface area contributed by atoms with Gasteiger partial charge in [-0.25, -0.2) is 0 Å². The highest BCUT2D eigenvalue weighted by Gasteiger charge is 2.14. The first-order valence-electron chi connectivity index (χ1n) is 7.28. The Morgan fingerprint density at radius 2 is 2.10 bits per heavy atom. The van der Waals surface area contributed by atoms with Gasteiger partial charge in [0, 0.05) is 30.9 Å². The Morgan fingerprint density at radius 1 is 1.33 bits per heavy atom. The second kappa shape index (κ2) is 7.64. The van der Waals surface area contributed by atoms with Gasteiger partial charge < -0.3 is 16.4 Å². The van der Waals surface area contributed by atoms with E-state index >= 15 is 0 Å². The van der Waals surface area contributed by atoms with E-state index in [4.69, 9.17) is 5.73 Å². The Labute approximate surface area is 124 Å². The molecule has 1 aromatic rings. The molecule has 0 aromatic heterocycles. The van der Waals surface area contributed by atoms with Gasteiger partial charge in [-0.2, -0.15) is 0 Å². The third kappa shape index (κ3) is 5.43. The predicted molar refractivity (Wildman–Crippen MR) is 82.8 cm³/mol. The van der Waals surface area contributed by atoms with E-state index in [0.29, 0.717) is 18.7 Å². The highest BCUT2D eigenvalue weighted by molar-refractivity contribution is 5.90. The minimum atomic E-state index is -0.0148. The van der Waals surface area contributed by atoms with Crippen LogP contribution in [0.15, 0.2) is 24.3 Å². The summed E-state index contributed by atoms with van der Waals surface area (Å²) in [5, 5.41) is 5.68. The molecule has 114 valence electrons. The quantitative estimate of drug-likeness (QED) is 0.700. The summed E-state index contributed by atoms with van der Waals surface area (Å²) in [5.41, 5.74) is 7.02. The molecule has 1 fully saturated rings. The number of hydrogen-bond acceptors (Lipinski definition) is 4. The van der Waals surface area contributed by atoms with Crippen LogP contribution in [0.2, 0.25) is 0 Å². The summed E-state index contributed by atoms with van der Waals surface area (Å²) in [6.07, 6.45) is 2.15. The summed E-state index contributed by atoms with van der Waals surface area (Å²) in [4.78, 5) is 25.3. The summed E-state index contributed by atoms with van der Waals surface area (Å²) in [7, 11) is 0. The van der Waals surface area contributed by atoms with Gasteiger partial charge in [0.15, 0.2) is 0 Å². The molecule has 2 amide bonds. The van der Waals surface area contributed by atoms with Crippen LogP contribution in [-0.2, 0) is 9.59 Å². The molecular formula is C15H22N4O2. The van der Waals surface area contributed by atoms with Gasteiger partial charge in [-0.15, -0.1) is 0 Å². The summed E-state index contributed by atoms with van der Waals surface area (Å²) in [6, 6.07) is 7.08. The van der Waals surface area contributed by atoms with Gasteiger partial charge in [0.05, 0.1) is 6.54 Å². The molecule has 6 nitrogen and oxygen atoms in total. The molecule has 0 spiro atoms. The molecule has 1 heterocycles. The number of nitrogens with two attached hydrogens (primary N) is 1. The lowest BCUT2D eigenvalue weighted by Gasteiger charge is -2.17. The summed E-state index contributed by atoms with van der Waals surface area (Å²) >= 11 is 0. The van der Waals surface area contributed by atoms with Crippen molar-refractivity contribution in [2.75, 3.05) is 37.2 Å². The van der Waals surface area contributed by atoms with E-state index in [2.05, 4.69) is 15.5 Å². The third-order valence-corrected chi connectivity index (χ3v) is 3.41. The monoisotopic (exact) mass is 290 g/mol. The molecule has 0 bridgehead atoms. The predicted octanol–water partition coefficient (Wildman–Crippen LogP) is 0.809. The summed E-state index contributed by atoms with van der Waals surface area (Å²) in [6.45, 7) is 2.84. The van der Waals surface area contributed by atoms with Crippen LogP contribution >= 0.6 is 0 Å². The van der Waals surface area contributed by atoms with Crippen molar-refractivity contribution in [3.63, 3.8) is 0 Å². The minimum absolute atomic E-state index is 0.0148. The van der Waals surface area contributed by atoms with E-state index in [-0.39, 0.29) is 11.8 Å². The first-order chi connectivity index (χ1) is 10.1. The van der Waals surface area contributed by atoms with E-state index in [0.717, 1.165) is 38.2 Å². The molecule has 0 saturated carbocycles. The van der Waals surface area contributed by atoms with Gasteiger partial charge in [0.2, 0.25) is 11.8 Å². The average Bonchev–Trinajstić information content (AvgIpc) is 2.66. The lowest BCUT2D eigenvalue weighted by atomic mass is 10.2. The van der Waals surface area contributed by atoms with Crippen LogP contribution in [0.4, 0.5) is 11.4 Å². The van der Waals surface area contributed by atoms with E-state index in [9.17, 15) is 9.59 Å². The van der Waals surface area contributed by atoms with Crippen LogP contribution in [0.5, 0.6) is 0 Å². The Hall–Kier alpha value is -2.08. The van der Waals surface area contributed by atoms with Crippen LogP contribution < -0.4 is 16.4 Å². The van der Waals surface area contributed by atoms with Gasteiger partial charge in [-0.05, 0) is 43.7 Å². The molecule has 0 unspecified atom stereocenters. The zero-order valence-electron chi connectivity index (χ0n) is 12.1. The van der Waals surface area contributed by atoms with Crippen molar-refractivity contribution in [1.29, 1.82) is 0 Å². The number of carbonyl (C=O) groups excluding carboxylic acids is 2. The van der Waals surface area contributed by atoms with Crippen LogP contribution in [0.25, 0.3) is 0 Å². The molecule has 0 radical (unpaired) electrons. The van der Waals surface area contributed by atoms with E-state index in [1.54, 1.807) is 24.3 Å². The first kappa shape index (κ1) is 15.3. The van der Waals surface area contributed by atoms with Crippen molar-refractivity contribution < 1.29 is 9.59 Å². The molecule has 2 rings (SSSR count). The largest absolute Gasteiger partial charge is 0.399 e. The zero-order valence-corrected chi connectivity index (χ0v) is 12.1. The smallest absolute Gasteiger partial charge is 0.234 e. The Bertz CT molecular complexity index is 487. The minimum Gasteiger partial charge on any atom is -0.399 e. The molecule has 0 atom stereocenters. The molecule has 21 heavy (non-hydrogen) atoms. The lowest BCUT2D eigenvalue weighted by Crippen LogP contribution is -2.33. The Morgan fingerprint density at radius 3 is 2.86 bits per heavy atom. The van der Waals surface area contributed by atoms with Crippen molar-refractivity contribution in [1.82, 2.24) is 10.2 Å². The van der Waals surface area contributed by atoms with Crippen LogP contribution in [-0.4, -0.2) is 42.9 Å². The average molecular weight is 290 g/mol. The van der Waals surface area contributed by atoms with Crippen LogP contribution in [0.3, 0.4) is 0 Å². The fourth-order valence-corrected chi connectivity index (χ4v) is 2.31. The highest BCUT2D eigenvalue weighted by atomic mass is 16.2. The van der Waals surface area contributed by atoms with Gasteiger partial charge in [-0.3, -0.25) is 14.5 Å². The summed E-state index contributed by atoms with van der Waals surface area (Å²) in [5.74, 6) is 0.0536. The second-order valence-corrected chi connectivity index (χ2v) is 5.25. The number of benzene rings is 1. The van der Waals surface area contributed by atoms with Gasteiger partial charge in [0.25, 0.3) is 0 Å². The third-order valence-electron chi connectivity index (χ3n) is 3.41. The Kier molecular flexibility index (Phi) is 5.57. The fourth-order valence-electron chi connectivity index (χ4n) is 2.31. The summed E-state index contributed by atoms with van der Waals surface area (Å²) < 4.78 is 0. The van der Waals surface area contributed by atoms with Crippen molar-refractivity contribution in [3.05, 3.63) is 24.3 Å². The number of nitrogen functional groups attached to an aromatic ring is 1. The van der Waals surface area contributed by atoms with E-state index < -0.39 is 0 Å². The number of amides is 2. The maximum Gasteiger partial charge on any atom is 0.234 e. The van der Waals surface area contributed by atoms with Crippen LogP contribution in [0, 0.1) is 0 Å². The topological polar surface area (TPSA) is 87.5 Å². The standard InChI is InChI=1S/C15H22N4O2/c16-12-4-6-13(7-5-12)18-14(20)3-1-9-19-10-2-8-17-15(21)11-19/h4-7H,1-3,8-11,16H2,(H,17,21)(H,18,20). The number of nitrogens with one attached hydrogen (secondary N) is 2.